The van der Waals surface area contributed by atoms with Crippen LogP contribution in [0.4, 0.5) is 18.9 Å². The van der Waals surface area contributed by atoms with Crippen molar-refractivity contribution < 1.29 is 18.0 Å². The molecule has 1 aromatic rings. The van der Waals surface area contributed by atoms with Crippen LogP contribution in [0.15, 0.2) is 22.7 Å². The van der Waals surface area contributed by atoms with E-state index in [-0.39, 0.29) is 12.2 Å². The van der Waals surface area contributed by atoms with Gasteiger partial charge in [0.25, 0.3) is 0 Å². The van der Waals surface area contributed by atoms with Gasteiger partial charge in [-0.2, -0.15) is 13.2 Å². The minimum atomic E-state index is -4.43. The van der Waals surface area contributed by atoms with Crippen LogP contribution >= 0.6 is 15.9 Å². The second-order valence-electron chi connectivity index (χ2n) is 3.27. The first kappa shape index (κ1) is 14.0. The number of hydrogen-bond acceptors (Lipinski definition) is 2. The number of amides is 1. The van der Waals surface area contributed by atoms with E-state index in [9.17, 15) is 18.0 Å². The molecule has 0 aromatic heterocycles. The molecule has 0 unspecified atom stereocenters. The van der Waals surface area contributed by atoms with Gasteiger partial charge >= 0.3 is 6.18 Å². The van der Waals surface area contributed by atoms with Gasteiger partial charge in [0, 0.05) is 4.47 Å². The predicted octanol–water partition coefficient (Wildman–Crippen LogP) is 2.63. The fourth-order valence-corrected chi connectivity index (χ4v) is 1.50. The van der Waals surface area contributed by atoms with Gasteiger partial charge < -0.3 is 10.6 Å². The zero-order valence-corrected chi connectivity index (χ0v) is 10.4. The van der Waals surface area contributed by atoms with Crippen molar-refractivity contribution in [1.29, 1.82) is 0 Å². The van der Waals surface area contributed by atoms with Crippen molar-refractivity contribution in [1.82, 2.24) is 5.32 Å². The normalized spacial score (nSPS) is 11.4. The van der Waals surface area contributed by atoms with Crippen LogP contribution in [0.3, 0.4) is 0 Å². The van der Waals surface area contributed by atoms with E-state index in [0.717, 1.165) is 12.1 Å². The average molecular weight is 311 g/mol. The summed E-state index contributed by atoms with van der Waals surface area (Å²) in [5, 5.41) is 4.98. The molecular weight excluding hydrogens is 301 g/mol. The maximum absolute atomic E-state index is 12.4. The number of halogens is 4. The van der Waals surface area contributed by atoms with E-state index in [0.29, 0.717) is 4.47 Å². The molecule has 0 aliphatic rings. The monoisotopic (exact) mass is 310 g/mol. The fraction of sp³-hybridized carbons (Fsp3) is 0.300. The van der Waals surface area contributed by atoms with Gasteiger partial charge in [-0.3, -0.25) is 4.79 Å². The largest absolute Gasteiger partial charge is 0.416 e. The summed E-state index contributed by atoms with van der Waals surface area (Å²) in [5.74, 6) is -0.410. The highest BCUT2D eigenvalue weighted by Gasteiger charge is 2.31. The molecule has 0 aliphatic carbocycles. The molecule has 17 heavy (non-hydrogen) atoms. The Morgan fingerprint density at radius 1 is 1.41 bits per heavy atom. The van der Waals surface area contributed by atoms with Crippen molar-refractivity contribution in [2.45, 2.75) is 6.18 Å². The van der Waals surface area contributed by atoms with Gasteiger partial charge in [0.1, 0.15) is 0 Å². The Morgan fingerprint density at radius 3 is 2.59 bits per heavy atom. The zero-order valence-electron chi connectivity index (χ0n) is 8.86. The third kappa shape index (κ3) is 4.01. The van der Waals surface area contributed by atoms with Crippen LogP contribution in [0.1, 0.15) is 5.56 Å². The number of likely N-dealkylation sites (N-methyl/N-ethyl adjacent to an activating group) is 1. The van der Waals surface area contributed by atoms with E-state index in [1.54, 1.807) is 7.05 Å². The second kappa shape index (κ2) is 5.50. The number of benzene rings is 1. The molecule has 0 saturated carbocycles. The molecule has 0 radical (unpaired) electrons. The van der Waals surface area contributed by atoms with E-state index >= 15 is 0 Å². The smallest absolute Gasteiger partial charge is 0.324 e. The fourth-order valence-electron chi connectivity index (χ4n) is 1.15. The molecule has 1 amide bonds. The van der Waals surface area contributed by atoms with Gasteiger partial charge in [-0.1, -0.05) is 0 Å². The summed E-state index contributed by atoms with van der Waals surface area (Å²) >= 11 is 3.07. The highest BCUT2D eigenvalue weighted by molar-refractivity contribution is 9.10. The highest BCUT2D eigenvalue weighted by Crippen LogP contribution is 2.33. The molecule has 1 aromatic carbocycles. The lowest BCUT2D eigenvalue weighted by atomic mass is 10.2. The van der Waals surface area contributed by atoms with Crippen molar-refractivity contribution in [3.8, 4) is 0 Å². The lowest BCUT2D eigenvalue weighted by Gasteiger charge is -2.11. The molecule has 0 fully saturated rings. The molecule has 0 aliphatic heterocycles. The molecule has 3 nitrogen and oxygen atoms in total. The molecule has 0 saturated heterocycles. The summed E-state index contributed by atoms with van der Waals surface area (Å²) in [4.78, 5) is 11.2. The molecule has 7 heteroatoms. The Hall–Kier alpha value is -1.08. The van der Waals surface area contributed by atoms with Crippen LogP contribution in [-0.2, 0) is 11.0 Å². The Labute approximate surface area is 105 Å². The summed E-state index contributed by atoms with van der Waals surface area (Å²) in [7, 11) is 1.57. The van der Waals surface area contributed by atoms with Crippen LogP contribution in [-0.4, -0.2) is 19.5 Å². The molecule has 2 N–H and O–H groups in total. The zero-order chi connectivity index (χ0) is 13.1. The summed E-state index contributed by atoms with van der Waals surface area (Å²) in [6, 6.07) is 3.08. The third-order valence-electron chi connectivity index (χ3n) is 1.91. The number of anilines is 1. The number of alkyl halides is 3. The Bertz CT molecular complexity index is 421. The molecule has 94 valence electrons. The maximum atomic E-state index is 12.4. The van der Waals surface area contributed by atoms with E-state index in [2.05, 4.69) is 26.6 Å². The standard InChI is InChI=1S/C10H10BrF3N2O/c1-15-5-9(17)16-8-4-6(10(12,13)14)2-3-7(8)11/h2-4,15H,5H2,1H3,(H,16,17). The highest BCUT2D eigenvalue weighted by atomic mass is 79.9. The minimum absolute atomic E-state index is 0.0304. The molecule has 0 heterocycles. The van der Waals surface area contributed by atoms with Crippen molar-refractivity contribution in [3.05, 3.63) is 28.2 Å². The first-order chi connectivity index (χ1) is 7.84. The molecule has 0 atom stereocenters. The number of rotatable bonds is 3. The van der Waals surface area contributed by atoms with Gasteiger partial charge in [0.15, 0.2) is 0 Å². The van der Waals surface area contributed by atoms with Crippen LogP contribution in [0.25, 0.3) is 0 Å². The van der Waals surface area contributed by atoms with Crippen molar-refractivity contribution in [3.63, 3.8) is 0 Å². The van der Waals surface area contributed by atoms with Gasteiger partial charge in [0.05, 0.1) is 17.8 Å². The topological polar surface area (TPSA) is 41.1 Å². The van der Waals surface area contributed by atoms with Gasteiger partial charge in [-0.15, -0.1) is 0 Å². The second-order valence-corrected chi connectivity index (χ2v) is 4.13. The van der Waals surface area contributed by atoms with Gasteiger partial charge in [-0.05, 0) is 41.2 Å². The van der Waals surface area contributed by atoms with Gasteiger partial charge in [-0.25, -0.2) is 0 Å². The summed E-state index contributed by atoms with van der Waals surface area (Å²) < 4.78 is 37.7. The van der Waals surface area contributed by atoms with Crippen LogP contribution < -0.4 is 10.6 Å². The van der Waals surface area contributed by atoms with E-state index in [1.807, 2.05) is 0 Å². The van der Waals surface area contributed by atoms with Crippen molar-refractivity contribution in [2.24, 2.45) is 0 Å². The third-order valence-corrected chi connectivity index (χ3v) is 2.60. The van der Waals surface area contributed by atoms with Crippen molar-refractivity contribution >= 4 is 27.5 Å². The lowest BCUT2D eigenvalue weighted by Crippen LogP contribution is -2.25. The SMILES string of the molecule is CNCC(=O)Nc1cc(C(F)(F)F)ccc1Br. The van der Waals surface area contributed by atoms with Crippen molar-refractivity contribution in [2.75, 3.05) is 18.9 Å². The summed E-state index contributed by atoms with van der Waals surface area (Å²) in [5.41, 5.74) is -0.708. The summed E-state index contributed by atoms with van der Waals surface area (Å²) in [6.45, 7) is 0.0304. The average Bonchev–Trinajstić information content (AvgIpc) is 2.20. The Kier molecular flexibility index (Phi) is 4.53. The maximum Gasteiger partial charge on any atom is 0.416 e. The number of hydrogen-bond donors (Lipinski definition) is 2. The van der Waals surface area contributed by atoms with E-state index in [4.69, 9.17) is 0 Å². The molecule has 0 spiro atoms. The first-order valence-electron chi connectivity index (χ1n) is 4.66. The van der Waals surface area contributed by atoms with Gasteiger partial charge in [0.2, 0.25) is 5.91 Å². The van der Waals surface area contributed by atoms with Crippen LogP contribution in [0.2, 0.25) is 0 Å². The number of carbonyl (C=O) groups is 1. The first-order valence-corrected chi connectivity index (χ1v) is 5.45. The van der Waals surface area contributed by atoms with Crippen LogP contribution in [0.5, 0.6) is 0 Å². The molecule has 1 rings (SSSR count). The number of nitrogens with one attached hydrogen (secondary N) is 2. The quantitative estimate of drug-likeness (QED) is 0.901. The summed E-state index contributed by atoms with van der Waals surface area (Å²) in [6.07, 6.45) is -4.43. The Balaban J connectivity index is 2.95. The lowest BCUT2D eigenvalue weighted by molar-refractivity contribution is -0.137. The Morgan fingerprint density at radius 2 is 2.06 bits per heavy atom. The van der Waals surface area contributed by atoms with E-state index in [1.165, 1.54) is 6.07 Å². The minimum Gasteiger partial charge on any atom is -0.324 e. The molecule has 0 bridgehead atoms. The molecular formula is C10H10BrF3N2O. The van der Waals surface area contributed by atoms with E-state index < -0.39 is 17.6 Å². The predicted molar refractivity (Wildman–Crippen MR) is 61.7 cm³/mol. The number of carbonyl (C=O) groups excluding carboxylic acids is 1. The van der Waals surface area contributed by atoms with Crippen LogP contribution in [0, 0.1) is 0 Å².